The second kappa shape index (κ2) is 10.4. The van der Waals surface area contributed by atoms with Gasteiger partial charge < -0.3 is 0 Å². The summed E-state index contributed by atoms with van der Waals surface area (Å²) in [6, 6.07) is 22.7. The normalized spacial score (nSPS) is 14.1. The van der Waals surface area contributed by atoms with Crippen molar-refractivity contribution in [2.24, 2.45) is 5.92 Å². The molecule has 1 atom stereocenters. The quantitative estimate of drug-likeness (QED) is 0.269. The summed E-state index contributed by atoms with van der Waals surface area (Å²) in [6.45, 7) is 6.16. The molecule has 1 unspecified atom stereocenters. The number of rotatable bonds is 7. The second-order valence-corrected chi connectivity index (χ2v) is 9.44. The average molecular weight is 443 g/mol. The molecule has 1 heterocycles. The fraction of sp³-hybridized carbons (Fsp3) is 0.207. The number of hydrogen-bond acceptors (Lipinski definition) is 1. The van der Waals surface area contributed by atoms with Crippen LogP contribution in [0, 0.1) is 5.92 Å². The molecule has 0 aliphatic heterocycles. The number of fused-ring (bicyclic) bond motifs is 3. The summed E-state index contributed by atoms with van der Waals surface area (Å²) in [5.74, 6) is 0.745. The summed E-state index contributed by atoms with van der Waals surface area (Å²) in [5.41, 5.74) is 5.83. The van der Waals surface area contributed by atoms with Gasteiger partial charge in [-0.15, -0.1) is 0 Å². The van der Waals surface area contributed by atoms with E-state index in [0.29, 0.717) is 28.0 Å². The topological polar surface area (TPSA) is 13.1 Å². The van der Waals surface area contributed by atoms with Crippen molar-refractivity contribution in [2.45, 2.75) is 33.1 Å². The molecule has 0 aliphatic rings. The molecule has 0 amide bonds. The first kappa shape index (κ1) is 25.2. The first-order valence-electron chi connectivity index (χ1n) is 11.8. The van der Waals surface area contributed by atoms with Gasteiger partial charge in [-0.2, -0.15) is 0 Å². The summed E-state index contributed by atoms with van der Waals surface area (Å²) in [7, 11) is 30.8. The van der Waals surface area contributed by atoms with Crippen LogP contribution < -0.4 is 0 Å². The zero-order chi connectivity index (χ0) is 25.3. The Labute approximate surface area is 214 Å². The third-order valence-corrected chi connectivity index (χ3v) is 6.42. The summed E-state index contributed by atoms with van der Waals surface area (Å²) in [6.07, 6.45) is 1.01. The molecule has 0 saturated carbocycles. The van der Waals surface area contributed by atoms with Crippen LogP contribution in [-0.4, -0.2) is 44.3 Å². The van der Waals surface area contributed by atoms with E-state index < -0.39 is 0 Å². The molecule has 161 valence electrons. The molecular weight excluding hydrogens is 418 g/mol. The monoisotopic (exact) mass is 443 g/mol. The van der Waals surface area contributed by atoms with Crippen molar-refractivity contribution in [1.82, 2.24) is 0 Å². The molecule has 0 bridgehead atoms. The van der Waals surface area contributed by atoms with Gasteiger partial charge >= 0.3 is 215 Å². The zero-order valence-electron chi connectivity index (χ0n) is 20.5. The summed E-state index contributed by atoms with van der Waals surface area (Å²) >= 11 is 0. The third-order valence-electron chi connectivity index (χ3n) is 6.42. The molecule has 0 fully saturated rings. The number of benzene rings is 3. The first-order valence-corrected chi connectivity index (χ1v) is 11.8. The standard InChI is InChI=1S/C29H24B5O/c1-16(2)15-22(18-9-5-4-6-10-18)19-11-8-14-23-24(19)20-12-7-13-21(29(20)35-23)26(32)28(34)27(33)25(31)17(3)30/h4-14,16,22H,15H2,1-3H3/b25-17-,28-27-. The van der Waals surface area contributed by atoms with E-state index in [9.17, 15) is 0 Å². The van der Waals surface area contributed by atoms with E-state index in [1.54, 1.807) is 6.92 Å². The molecule has 0 N–H and O–H groups in total. The Morgan fingerprint density at radius 3 is 2.14 bits per heavy atom. The number of allylic oxidation sites excluding steroid dienone is 4. The Balaban J connectivity index is 1.94. The van der Waals surface area contributed by atoms with E-state index in [4.69, 9.17) is 43.3 Å². The maximum atomic E-state index is 6.49. The van der Waals surface area contributed by atoms with Crippen molar-refractivity contribution in [2.75, 3.05) is 0 Å². The predicted octanol–water partition coefficient (Wildman–Crippen LogP) is 5.57. The molecule has 6 heteroatoms. The van der Waals surface area contributed by atoms with Gasteiger partial charge in [0.25, 0.3) is 0 Å². The van der Waals surface area contributed by atoms with Crippen LogP contribution in [-0.2, 0) is 0 Å². The molecule has 9 radical (unpaired) electrons. The van der Waals surface area contributed by atoms with Crippen LogP contribution in [0.3, 0.4) is 0 Å². The minimum absolute atomic E-state index is 0.150. The van der Waals surface area contributed by atoms with Crippen LogP contribution in [0.15, 0.2) is 93.0 Å². The molecule has 1 nitrogen and oxygen atoms in total. The van der Waals surface area contributed by atoms with Gasteiger partial charge in [-0.1, -0.05) is 0 Å². The van der Waals surface area contributed by atoms with Crippen molar-refractivity contribution in [3.8, 4) is 0 Å². The molecule has 0 spiro atoms. The van der Waals surface area contributed by atoms with Crippen LogP contribution in [0.5, 0.6) is 0 Å². The van der Waals surface area contributed by atoms with Crippen LogP contribution >= 0.6 is 0 Å². The Kier molecular flexibility index (Phi) is 7.50. The molecule has 3 aromatic carbocycles. The zero-order valence-corrected chi connectivity index (χ0v) is 20.5. The predicted molar refractivity (Wildman–Crippen MR) is 154 cm³/mol. The van der Waals surface area contributed by atoms with Gasteiger partial charge in [-0.25, -0.2) is 0 Å². The summed E-state index contributed by atoms with van der Waals surface area (Å²) in [4.78, 5) is 0. The van der Waals surface area contributed by atoms with Crippen LogP contribution in [0.25, 0.3) is 21.9 Å². The SMILES string of the molecule is [B]/C(C)=C([B])/C([B])=C(/[B])C(=[B])c1cccc2c1oc1cccc(C(CC(C)C)c3ccccc3)c12. The number of hydrogen-bond donors (Lipinski definition) is 0. The molecule has 4 aromatic rings. The number of para-hydroxylation sites is 1. The second-order valence-electron chi connectivity index (χ2n) is 9.44. The van der Waals surface area contributed by atoms with Gasteiger partial charge in [0, 0.05) is 0 Å². The van der Waals surface area contributed by atoms with Crippen LogP contribution in [0.2, 0.25) is 0 Å². The van der Waals surface area contributed by atoms with Gasteiger partial charge in [0.05, 0.1) is 0 Å². The van der Waals surface area contributed by atoms with Crippen molar-refractivity contribution in [3.05, 3.63) is 105 Å². The van der Waals surface area contributed by atoms with Crippen LogP contribution in [0.4, 0.5) is 0 Å². The van der Waals surface area contributed by atoms with E-state index in [1.807, 2.05) is 30.3 Å². The third kappa shape index (κ3) is 4.94. The van der Waals surface area contributed by atoms with Gasteiger partial charge in [0.2, 0.25) is 0 Å². The summed E-state index contributed by atoms with van der Waals surface area (Å²) < 4.78 is 6.39. The van der Waals surface area contributed by atoms with E-state index in [-0.39, 0.29) is 22.3 Å². The van der Waals surface area contributed by atoms with Gasteiger partial charge in [0.1, 0.15) is 0 Å². The first-order chi connectivity index (χ1) is 16.7. The molecule has 4 rings (SSSR count). The minimum atomic E-state index is 0.150. The Bertz CT molecular complexity index is 1460. The van der Waals surface area contributed by atoms with Crippen molar-refractivity contribution in [1.29, 1.82) is 0 Å². The maximum absolute atomic E-state index is 6.49. The van der Waals surface area contributed by atoms with Gasteiger partial charge in [0.15, 0.2) is 0 Å². The Morgan fingerprint density at radius 1 is 0.800 bits per heavy atom. The number of furan rings is 1. The molecule has 0 aliphatic carbocycles. The molecule has 35 heavy (non-hydrogen) atoms. The summed E-state index contributed by atoms with van der Waals surface area (Å²) in [5, 5.41) is 2.06. The molecule has 0 saturated heterocycles. The van der Waals surface area contributed by atoms with E-state index in [2.05, 4.69) is 50.2 Å². The fourth-order valence-corrected chi connectivity index (χ4v) is 4.62. The van der Waals surface area contributed by atoms with E-state index in [1.165, 1.54) is 11.1 Å². The van der Waals surface area contributed by atoms with Crippen LogP contribution in [0.1, 0.15) is 49.8 Å². The van der Waals surface area contributed by atoms with Gasteiger partial charge in [-0.05, 0) is 0 Å². The van der Waals surface area contributed by atoms with Crippen molar-refractivity contribution >= 4 is 66.3 Å². The Hall–Kier alpha value is -2.87. The molecule has 1 aromatic heterocycles. The molecular formula is C29H24B5O. The Morgan fingerprint density at radius 2 is 1.49 bits per heavy atom. The van der Waals surface area contributed by atoms with Crippen molar-refractivity contribution in [3.63, 3.8) is 0 Å². The van der Waals surface area contributed by atoms with E-state index in [0.717, 1.165) is 22.8 Å². The average Bonchev–Trinajstić information content (AvgIpc) is 3.25. The van der Waals surface area contributed by atoms with Gasteiger partial charge in [-0.3, -0.25) is 0 Å². The van der Waals surface area contributed by atoms with E-state index >= 15 is 0 Å². The van der Waals surface area contributed by atoms with Crippen molar-refractivity contribution < 1.29 is 4.42 Å². The fourth-order valence-electron chi connectivity index (χ4n) is 4.62.